The van der Waals surface area contributed by atoms with Gasteiger partial charge in [0, 0.05) is 27.9 Å². The number of benzene rings is 2. The number of carbonyl (C=O) groups is 2. The van der Waals surface area contributed by atoms with Gasteiger partial charge in [0.15, 0.2) is 5.78 Å². The Morgan fingerprint density at radius 3 is 2.59 bits per heavy atom. The average molecular weight is 508 g/mol. The Kier molecular flexibility index (Phi) is 6.83. The number of ketones is 1. The molecule has 0 radical (unpaired) electrons. The normalized spacial score (nSPS) is 18.0. The summed E-state index contributed by atoms with van der Waals surface area (Å²) in [6, 6.07) is 17.7. The van der Waals surface area contributed by atoms with E-state index in [0.717, 1.165) is 34.1 Å². The number of nitrogens with one attached hydrogen (secondary N) is 2. The van der Waals surface area contributed by atoms with E-state index in [1.807, 2.05) is 55.5 Å². The lowest BCUT2D eigenvalue weighted by Gasteiger charge is -2.33. The minimum absolute atomic E-state index is 0.0918. The lowest BCUT2D eigenvalue weighted by molar-refractivity contribution is -0.116. The van der Waals surface area contributed by atoms with E-state index >= 15 is 0 Å². The summed E-state index contributed by atoms with van der Waals surface area (Å²) in [5.41, 5.74) is 4.82. The number of anilines is 1. The number of dihydropyridines is 1. The van der Waals surface area contributed by atoms with Gasteiger partial charge in [0.25, 0.3) is 0 Å². The Morgan fingerprint density at radius 2 is 1.91 bits per heavy atom. The molecule has 5 nitrogen and oxygen atoms in total. The summed E-state index contributed by atoms with van der Waals surface area (Å²) in [4.78, 5) is 25.4. The van der Waals surface area contributed by atoms with Gasteiger partial charge in [0.1, 0.15) is 0 Å². The van der Waals surface area contributed by atoms with Crippen LogP contribution in [0.5, 0.6) is 0 Å². The van der Waals surface area contributed by atoms with Gasteiger partial charge in [-0.1, -0.05) is 57.5 Å². The molecule has 0 spiro atoms. The molecule has 1 aliphatic carbocycles. The fourth-order valence-corrected chi connectivity index (χ4v) is 5.12. The molecule has 1 amide bonds. The number of hydrogen-bond donors (Lipinski definition) is 2. The molecule has 0 saturated carbocycles. The number of carbonyl (C=O) groups excluding carboxylic acids is 2. The van der Waals surface area contributed by atoms with Crippen LogP contribution in [0.25, 0.3) is 0 Å². The molecule has 2 aromatic carbocycles. The fraction of sp³-hybridized carbons (Fsp3) is 0.240. The molecule has 7 heteroatoms. The van der Waals surface area contributed by atoms with E-state index in [1.165, 1.54) is 11.8 Å². The molecule has 0 bridgehead atoms. The predicted octanol–water partition coefficient (Wildman–Crippen LogP) is 5.56. The second kappa shape index (κ2) is 9.76. The van der Waals surface area contributed by atoms with Crippen LogP contribution in [0.3, 0.4) is 0 Å². The van der Waals surface area contributed by atoms with Crippen LogP contribution in [0.1, 0.15) is 36.3 Å². The van der Waals surface area contributed by atoms with E-state index in [9.17, 15) is 14.9 Å². The highest BCUT2D eigenvalue weighted by atomic mass is 79.9. The first-order chi connectivity index (χ1) is 15.5. The van der Waals surface area contributed by atoms with Crippen LogP contribution in [0, 0.1) is 18.3 Å². The maximum Gasteiger partial charge on any atom is 0.234 e. The third kappa shape index (κ3) is 4.82. The molecular weight excluding hydrogens is 486 g/mol. The van der Waals surface area contributed by atoms with Crippen LogP contribution >= 0.6 is 27.7 Å². The minimum atomic E-state index is -0.401. The third-order valence-corrected chi connectivity index (χ3v) is 7.10. The molecule has 4 rings (SSSR count). The van der Waals surface area contributed by atoms with E-state index in [4.69, 9.17) is 0 Å². The second-order valence-electron chi connectivity index (χ2n) is 7.84. The van der Waals surface area contributed by atoms with Crippen LogP contribution in [-0.2, 0) is 9.59 Å². The maximum absolute atomic E-state index is 12.8. The summed E-state index contributed by atoms with van der Waals surface area (Å²) in [6.45, 7) is 2.01. The van der Waals surface area contributed by atoms with E-state index in [2.05, 4.69) is 32.6 Å². The van der Waals surface area contributed by atoms with Gasteiger partial charge in [-0.3, -0.25) is 9.59 Å². The number of rotatable bonds is 5. The molecule has 1 heterocycles. The average Bonchev–Trinajstić information content (AvgIpc) is 2.79. The zero-order valence-electron chi connectivity index (χ0n) is 17.6. The largest absolute Gasteiger partial charge is 0.352 e. The minimum Gasteiger partial charge on any atom is -0.352 e. The van der Waals surface area contributed by atoms with Crippen LogP contribution < -0.4 is 10.6 Å². The van der Waals surface area contributed by atoms with Gasteiger partial charge < -0.3 is 10.6 Å². The molecule has 0 aromatic heterocycles. The van der Waals surface area contributed by atoms with E-state index < -0.39 is 5.92 Å². The van der Waals surface area contributed by atoms with Crippen molar-refractivity contribution in [1.82, 2.24) is 5.32 Å². The van der Waals surface area contributed by atoms with Gasteiger partial charge in [0.05, 0.1) is 28.3 Å². The Bertz CT molecular complexity index is 1160. The molecule has 2 N–H and O–H groups in total. The number of allylic oxidation sites excluding steroid dienone is 3. The number of nitrogens with zero attached hydrogens (tertiary/aromatic N) is 1. The Morgan fingerprint density at radius 1 is 1.19 bits per heavy atom. The van der Waals surface area contributed by atoms with Gasteiger partial charge in [-0.05, 0) is 49.6 Å². The first-order valence-corrected chi connectivity index (χ1v) is 12.2. The number of halogens is 1. The molecule has 162 valence electrons. The smallest absolute Gasteiger partial charge is 0.234 e. The molecule has 0 saturated heterocycles. The molecule has 1 atom stereocenters. The van der Waals surface area contributed by atoms with Crippen molar-refractivity contribution >= 4 is 45.1 Å². The predicted molar refractivity (Wildman–Crippen MR) is 131 cm³/mol. The molecule has 2 aromatic rings. The zero-order chi connectivity index (χ0) is 22.7. The SMILES string of the molecule is Cc1ccc([C@H]2C(C#N)=C(SCC(=O)Nc3ccc(Br)cc3)NC3=C2C(=O)CCC3)cc1. The highest BCUT2D eigenvalue weighted by Gasteiger charge is 2.37. The standard InChI is InChI=1S/C25H22BrN3O2S/c1-15-5-7-16(8-6-15)23-19(13-27)25(29-20-3-2-4-21(30)24(20)23)32-14-22(31)28-18-11-9-17(26)10-12-18/h5-12,23,29H,2-4,14H2,1H3,(H,28,31)/t23-/m0/s1. The molecule has 0 fully saturated rings. The highest BCUT2D eigenvalue weighted by Crippen LogP contribution is 2.44. The van der Waals surface area contributed by atoms with Crippen molar-refractivity contribution < 1.29 is 9.59 Å². The van der Waals surface area contributed by atoms with Crippen molar-refractivity contribution in [3.05, 3.63) is 86.0 Å². The number of Topliss-reactive ketones (excluding diaryl/α,β-unsaturated/α-hetero) is 1. The van der Waals surface area contributed by atoms with Gasteiger partial charge in [-0.15, -0.1) is 0 Å². The zero-order valence-corrected chi connectivity index (χ0v) is 20.0. The van der Waals surface area contributed by atoms with Crippen LogP contribution in [0.15, 0.2) is 74.9 Å². The lowest BCUT2D eigenvalue weighted by Crippen LogP contribution is -2.31. The molecule has 32 heavy (non-hydrogen) atoms. The Hall–Kier alpha value is -2.82. The molecule has 2 aliphatic rings. The first-order valence-electron chi connectivity index (χ1n) is 10.4. The summed E-state index contributed by atoms with van der Waals surface area (Å²) in [5.74, 6) is -0.313. The van der Waals surface area contributed by atoms with Gasteiger partial charge in [-0.2, -0.15) is 5.26 Å². The van der Waals surface area contributed by atoms with Crippen LogP contribution in [0.4, 0.5) is 5.69 Å². The van der Waals surface area contributed by atoms with Crippen LogP contribution in [0.2, 0.25) is 0 Å². The van der Waals surface area contributed by atoms with Crippen molar-refractivity contribution in [2.45, 2.75) is 32.1 Å². The van der Waals surface area contributed by atoms with E-state index in [0.29, 0.717) is 28.3 Å². The fourth-order valence-electron chi connectivity index (χ4n) is 4.00. The van der Waals surface area contributed by atoms with Crippen molar-refractivity contribution in [3.8, 4) is 6.07 Å². The highest BCUT2D eigenvalue weighted by molar-refractivity contribution is 9.10. The summed E-state index contributed by atoms with van der Waals surface area (Å²) >= 11 is 4.68. The van der Waals surface area contributed by atoms with Crippen molar-refractivity contribution in [2.24, 2.45) is 0 Å². The second-order valence-corrected chi connectivity index (χ2v) is 9.74. The summed E-state index contributed by atoms with van der Waals surface area (Å²) in [6.07, 6.45) is 2.05. The summed E-state index contributed by atoms with van der Waals surface area (Å²) in [5, 5.41) is 16.9. The van der Waals surface area contributed by atoms with Gasteiger partial charge in [0.2, 0.25) is 5.91 Å². The topological polar surface area (TPSA) is 82.0 Å². The first kappa shape index (κ1) is 22.4. The number of hydrogen-bond acceptors (Lipinski definition) is 5. The molecule has 1 aliphatic heterocycles. The Balaban J connectivity index is 1.60. The number of amides is 1. The van der Waals surface area contributed by atoms with Crippen molar-refractivity contribution in [1.29, 1.82) is 5.26 Å². The van der Waals surface area contributed by atoms with Gasteiger partial charge in [-0.25, -0.2) is 0 Å². The van der Waals surface area contributed by atoms with Crippen molar-refractivity contribution in [2.75, 3.05) is 11.1 Å². The number of aryl methyl sites for hydroxylation is 1. The maximum atomic E-state index is 12.8. The number of thioether (sulfide) groups is 1. The van der Waals surface area contributed by atoms with Crippen molar-refractivity contribution in [3.63, 3.8) is 0 Å². The molecular formula is C25H22BrN3O2S. The van der Waals surface area contributed by atoms with E-state index in [1.54, 1.807) is 0 Å². The Labute approximate surface area is 200 Å². The van der Waals surface area contributed by atoms with Crippen LogP contribution in [-0.4, -0.2) is 17.4 Å². The summed E-state index contributed by atoms with van der Waals surface area (Å²) in [7, 11) is 0. The monoisotopic (exact) mass is 507 g/mol. The van der Waals surface area contributed by atoms with Gasteiger partial charge >= 0.3 is 0 Å². The van der Waals surface area contributed by atoms with E-state index in [-0.39, 0.29) is 17.4 Å². The lowest BCUT2D eigenvalue weighted by atomic mass is 9.77. The number of nitriles is 1. The third-order valence-electron chi connectivity index (χ3n) is 5.55. The molecule has 0 unspecified atom stereocenters. The quantitative estimate of drug-likeness (QED) is 0.553. The summed E-state index contributed by atoms with van der Waals surface area (Å²) < 4.78 is 0.938.